The lowest BCUT2D eigenvalue weighted by atomic mass is 10.1. The van der Waals surface area contributed by atoms with Crippen molar-refractivity contribution in [1.82, 2.24) is 9.97 Å². The number of aliphatic carboxylic acids is 3. The van der Waals surface area contributed by atoms with Gasteiger partial charge in [-0.1, -0.05) is 77.9 Å². The summed E-state index contributed by atoms with van der Waals surface area (Å²) >= 11 is 7.69. The number of thiazole rings is 2. The van der Waals surface area contributed by atoms with Crippen LogP contribution >= 0.6 is 68.0 Å². The summed E-state index contributed by atoms with van der Waals surface area (Å²) in [6, 6.07) is 36.9. The van der Waals surface area contributed by atoms with E-state index in [1.807, 2.05) is 46.9 Å². The van der Waals surface area contributed by atoms with Crippen LogP contribution in [0.25, 0.3) is 48.5 Å². The minimum absolute atomic E-state index is 0.105. The number of hydrogen-bond donors (Lipinski definition) is 6. The van der Waals surface area contributed by atoms with Gasteiger partial charge in [0.05, 0.1) is 10.4 Å². The highest BCUT2D eigenvalue weighted by atomic mass is 32.1. The largest absolute Gasteiger partial charge is 0.508 e. The van der Waals surface area contributed by atoms with Gasteiger partial charge >= 0.3 is 17.9 Å². The number of phenolic OH excluding ortho intramolecular Hbond substituents is 3. The number of benzene rings is 6. The van der Waals surface area contributed by atoms with Crippen LogP contribution in [0.5, 0.6) is 51.7 Å². The number of ether oxygens (including phenoxy) is 3. The van der Waals surface area contributed by atoms with Crippen molar-refractivity contribution in [2.45, 2.75) is 41.5 Å². The first-order valence-electron chi connectivity index (χ1n) is 28.3. The van der Waals surface area contributed by atoms with Crippen LogP contribution in [0.2, 0.25) is 0 Å². The Kier molecular flexibility index (Phi) is 25.7. The van der Waals surface area contributed by atoms with E-state index in [2.05, 4.69) is 9.97 Å². The number of phenols is 3. The molecule has 0 spiro atoms. The number of carboxylic acid groups (broad SMARTS) is 3. The van der Waals surface area contributed by atoms with Crippen LogP contribution in [-0.4, -0.2) is 75.9 Å². The number of rotatable bonds is 18. The molecule has 12 rings (SSSR count). The SMILES string of the molecule is CC.CC.CC.O=C(O)/C=C/c1ccc(Oc2c(C(=O)c3ccsc3)sc3cc(O)ccc23)cc1.O=C(O)/C=C/c1ccc(Oc2c(C(=O)c3cncs3)sc3cc(O)ccc23)cc1.O=C(O)/C=C/c1ccc(Oc2c(C(=O)c3nccs3)sc3cc(O)ccc23)cc1. The van der Waals surface area contributed by atoms with E-state index < -0.39 is 17.9 Å². The van der Waals surface area contributed by atoms with Crippen LogP contribution in [0.15, 0.2) is 186 Å². The van der Waals surface area contributed by atoms with Crippen LogP contribution in [-0.2, 0) is 14.4 Å². The lowest BCUT2D eigenvalue weighted by molar-refractivity contribution is -0.132. The molecule has 6 aromatic heterocycles. The topological polar surface area (TPSA) is 277 Å². The van der Waals surface area contributed by atoms with Gasteiger partial charge in [0.2, 0.25) is 17.3 Å². The van der Waals surface area contributed by atoms with E-state index in [1.165, 1.54) is 92.4 Å². The molecular weight excluding hydrogens is 1300 g/mol. The molecule has 12 aromatic rings. The van der Waals surface area contributed by atoms with Crippen LogP contribution in [0, 0.1) is 0 Å². The highest BCUT2D eigenvalue weighted by Gasteiger charge is 2.26. The van der Waals surface area contributed by atoms with Gasteiger partial charge in [0.1, 0.15) is 49.1 Å². The van der Waals surface area contributed by atoms with Gasteiger partial charge in [-0.15, -0.1) is 56.7 Å². The lowest BCUT2D eigenvalue weighted by Gasteiger charge is -2.08. The first kappa shape index (κ1) is 70.1. The number of carbonyl (C=O) groups is 6. The van der Waals surface area contributed by atoms with E-state index in [4.69, 9.17) is 29.5 Å². The van der Waals surface area contributed by atoms with Crippen molar-refractivity contribution >= 4 is 152 Å². The molecule has 0 aliphatic rings. The molecule has 0 aliphatic carbocycles. The predicted octanol–water partition coefficient (Wildman–Crippen LogP) is 19.2. The first-order chi connectivity index (χ1) is 45.0. The molecular formula is C70H58N2O15S6. The second kappa shape index (κ2) is 34.1. The summed E-state index contributed by atoms with van der Waals surface area (Å²) in [5.74, 6) is -0.524. The summed E-state index contributed by atoms with van der Waals surface area (Å²) in [5.41, 5.74) is 4.31. The number of nitrogens with zero attached hydrogens (tertiary/aromatic N) is 2. The molecule has 6 aromatic carbocycles. The van der Waals surface area contributed by atoms with Gasteiger partial charge in [-0.25, -0.2) is 19.4 Å². The number of aromatic nitrogens is 2. The van der Waals surface area contributed by atoms with Gasteiger partial charge in [-0.3, -0.25) is 19.4 Å². The van der Waals surface area contributed by atoms with Gasteiger partial charge in [-0.05, 0) is 137 Å². The Morgan fingerprint density at radius 1 is 0.441 bits per heavy atom. The fourth-order valence-corrected chi connectivity index (χ4v) is 13.4. The van der Waals surface area contributed by atoms with Crippen molar-refractivity contribution in [3.05, 3.63) is 233 Å². The van der Waals surface area contributed by atoms with Crippen LogP contribution < -0.4 is 14.2 Å². The van der Waals surface area contributed by atoms with Crippen molar-refractivity contribution in [2.75, 3.05) is 0 Å². The quantitative estimate of drug-likeness (QED) is 0.0344. The Morgan fingerprint density at radius 3 is 1.14 bits per heavy atom. The smallest absolute Gasteiger partial charge is 0.328 e. The zero-order chi connectivity index (χ0) is 67.1. The maximum atomic E-state index is 13.0. The number of hydrogen-bond acceptors (Lipinski definition) is 20. The van der Waals surface area contributed by atoms with Gasteiger partial charge in [0, 0.05) is 77.2 Å². The predicted molar refractivity (Wildman–Crippen MR) is 373 cm³/mol. The van der Waals surface area contributed by atoms with E-state index >= 15 is 0 Å². The number of carbonyl (C=O) groups excluding carboxylic acids is 3. The fourth-order valence-electron chi connectivity index (χ4n) is 8.13. The molecule has 6 N–H and O–H groups in total. The molecule has 0 unspecified atom stereocenters. The average Bonchev–Trinajstić information content (AvgIpc) is 1.78. The first-order valence-corrected chi connectivity index (χ1v) is 33.5. The van der Waals surface area contributed by atoms with Gasteiger partial charge in [0.15, 0.2) is 22.3 Å². The van der Waals surface area contributed by atoms with Crippen LogP contribution in [0.1, 0.15) is 103 Å². The number of aromatic hydroxyl groups is 3. The molecule has 474 valence electrons. The Morgan fingerprint density at radius 2 is 0.817 bits per heavy atom. The summed E-state index contributed by atoms with van der Waals surface area (Å²) in [5, 5.41) is 63.4. The molecule has 23 heteroatoms. The number of carboxylic acids is 3. The Labute approximate surface area is 557 Å². The van der Waals surface area contributed by atoms with E-state index in [9.17, 15) is 44.1 Å². The second-order valence-electron chi connectivity index (χ2n) is 18.1. The highest BCUT2D eigenvalue weighted by Crippen LogP contribution is 2.46. The maximum Gasteiger partial charge on any atom is 0.328 e. The molecule has 17 nitrogen and oxygen atoms in total. The zero-order valence-electron chi connectivity index (χ0n) is 50.3. The molecule has 0 saturated heterocycles. The van der Waals surface area contributed by atoms with Crippen molar-refractivity contribution in [3.8, 4) is 51.7 Å². The summed E-state index contributed by atoms with van der Waals surface area (Å²) in [6.45, 7) is 12.0. The summed E-state index contributed by atoms with van der Waals surface area (Å²) in [4.78, 5) is 80.6. The van der Waals surface area contributed by atoms with Gasteiger partial charge in [-0.2, -0.15) is 11.3 Å². The lowest BCUT2D eigenvalue weighted by Crippen LogP contribution is -1.99. The number of thiophene rings is 4. The summed E-state index contributed by atoms with van der Waals surface area (Å²) in [7, 11) is 0. The minimum atomic E-state index is -1.02. The molecule has 0 saturated carbocycles. The third kappa shape index (κ3) is 18.6. The molecule has 0 atom stereocenters. The molecule has 0 bridgehead atoms. The third-order valence-corrected chi connectivity index (χ3v) is 17.7. The van der Waals surface area contributed by atoms with E-state index in [1.54, 1.807) is 156 Å². The van der Waals surface area contributed by atoms with Crippen molar-refractivity contribution < 1.29 is 73.6 Å². The third-order valence-electron chi connectivity index (χ3n) is 12.1. The van der Waals surface area contributed by atoms with Gasteiger partial charge < -0.3 is 44.8 Å². The summed E-state index contributed by atoms with van der Waals surface area (Å²) < 4.78 is 20.4. The average molecular weight is 1360 g/mol. The Balaban J connectivity index is 0.000000190. The second-order valence-corrected chi connectivity index (χ2v) is 23.8. The number of ketones is 3. The Bertz CT molecular complexity index is 4140. The summed E-state index contributed by atoms with van der Waals surface area (Å²) in [6.07, 6.45) is 10.7. The standard InChI is InChI=1S/C22H14O5S2.2C21H13NO5S2.3C2H6/c23-15-4-7-17-18(11-15)29-22(20(26)14-9-10-28-12-14)21(17)27-16-5-1-13(2-6-16)3-8-19(24)25;23-13-4-7-15-16(9-13)29-21(19(26)17-10-22-11-28-17)20(15)27-14-5-1-12(2-6-14)3-8-18(24)25;23-13-4-7-15-16(11-13)29-20(18(26)21-22-9-10-28-21)19(15)27-14-5-1-12(2-6-14)3-8-17(24)25;3*1-2/h1-12,23H,(H,24,25);2*1-11,23H,(H,24,25);3*1-2H3/b3*8-3+;;;. The van der Waals surface area contributed by atoms with Gasteiger partial charge in [0.25, 0.3) is 0 Å². The molecule has 0 fully saturated rings. The van der Waals surface area contributed by atoms with Crippen molar-refractivity contribution in [2.24, 2.45) is 0 Å². The maximum absolute atomic E-state index is 13.0. The number of fused-ring (bicyclic) bond motifs is 3. The van der Waals surface area contributed by atoms with Crippen LogP contribution in [0.3, 0.4) is 0 Å². The molecule has 0 aliphatic heterocycles. The minimum Gasteiger partial charge on any atom is -0.508 e. The Hall–Kier alpha value is -10.4. The zero-order valence-corrected chi connectivity index (χ0v) is 55.2. The molecule has 0 radical (unpaired) electrons. The van der Waals surface area contributed by atoms with E-state index in [0.29, 0.717) is 81.1 Å². The highest BCUT2D eigenvalue weighted by molar-refractivity contribution is 7.23. The van der Waals surface area contributed by atoms with E-state index in [-0.39, 0.29) is 34.6 Å². The molecule has 93 heavy (non-hydrogen) atoms. The fraction of sp³-hybridized carbons (Fsp3) is 0.0857. The van der Waals surface area contributed by atoms with Crippen molar-refractivity contribution in [1.29, 1.82) is 0 Å². The molecule has 6 heterocycles. The normalized spacial score (nSPS) is 10.6. The van der Waals surface area contributed by atoms with E-state index in [0.717, 1.165) is 48.7 Å². The van der Waals surface area contributed by atoms with Crippen LogP contribution in [0.4, 0.5) is 0 Å². The van der Waals surface area contributed by atoms with Crippen molar-refractivity contribution in [3.63, 3.8) is 0 Å². The monoisotopic (exact) mass is 1360 g/mol. The molecule has 0 amide bonds.